The molecule has 0 saturated heterocycles. The van der Waals surface area contributed by atoms with Gasteiger partial charge in [-0.1, -0.05) is 6.92 Å². The van der Waals surface area contributed by atoms with Gasteiger partial charge in [0.1, 0.15) is 5.69 Å². The van der Waals surface area contributed by atoms with Crippen LogP contribution in [0.2, 0.25) is 0 Å². The Bertz CT molecular complexity index is 306. The van der Waals surface area contributed by atoms with E-state index in [2.05, 4.69) is 4.98 Å². The van der Waals surface area contributed by atoms with Gasteiger partial charge in [0.05, 0.1) is 0 Å². The van der Waals surface area contributed by atoms with Crippen LogP contribution in [0.3, 0.4) is 0 Å². The van der Waals surface area contributed by atoms with Gasteiger partial charge < -0.3 is 15.3 Å². The molecule has 0 unspecified atom stereocenters. The standard InChI is InChI=1S/C8H12N2O3/c1-2-3-6-10-5(4-9)7(13-6)8(11)12/h2-4,9H2,1H3,(H,11,12). The number of carbonyl (C=O) groups is 1. The van der Waals surface area contributed by atoms with Crippen LogP contribution in [0, 0.1) is 0 Å². The van der Waals surface area contributed by atoms with Gasteiger partial charge in [-0.05, 0) is 6.42 Å². The van der Waals surface area contributed by atoms with Crippen molar-refractivity contribution in [2.75, 3.05) is 0 Å². The fourth-order valence-electron chi connectivity index (χ4n) is 1.03. The van der Waals surface area contributed by atoms with Crippen molar-refractivity contribution in [3.8, 4) is 0 Å². The third-order valence-electron chi connectivity index (χ3n) is 1.59. The minimum atomic E-state index is -1.12. The average Bonchev–Trinajstić information content (AvgIpc) is 2.48. The molecule has 5 heteroatoms. The zero-order chi connectivity index (χ0) is 9.84. The van der Waals surface area contributed by atoms with Crippen molar-refractivity contribution in [2.24, 2.45) is 5.73 Å². The molecule has 0 aliphatic carbocycles. The summed E-state index contributed by atoms with van der Waals surface area (Å²) in [5.41, 5.74) is 5.63. The molecule has 13 heavy (non-hydrogen) atoms. The third-order valence-corrected chi connectivity index (χ3v) is 1.59. The van der Waals surface area contributed by atoms with E-state index in [0.717, 1.165) is 6.42 Å². The second-order valence-corrected chi connectivity index (χ2v) is 2.64. The normalized spacial score (nSPS) is 10.3. The Labute approximate surface area is 75.6 Å². The maximum atomic E-state index is 10.6. The SMILES string of the molecule is CCCc1nc(CN)c(C(=O)O)o1. The zero-order valence-corrected chi connectivity index (χ0v) is 7.41. The van der Waals surface area contributed by atoms with Crippen molar-refractivity contribution in [3.05, 3.63) is 17.3 Å². The predicted molar refractivity (Wildman–Crippen MR) is 45.3 cm³/mol. The number of hydrogen-bond donors (Lipinski definition) is 2. The van der Waals surface area contributed by atoms with Crippen LogP contribution in [0.1, 0.15) is 35.5 Å². The van der Waals surface area contributed by atoms with Crippen LogP contribution in [-0.2, 0) is 13.0 Å². The van der Waals surface area contributed by atoms with E-state index in [1.54, 1.807) is 0 Å². The summed E-state index contributed by atoms with van der Waals surface area (Å²) in [6.07, 6.45) is 1.50. The highest BCUT2D eigenvalue weighted by Crippen LogP contribution is 2.11. The van der Waals surface area contributed by atoms with Crippen molar-refractivity contribution in [3.63, 3.8) is 0 Å². The molecule has 0 spiro atoms. The molecule has 3 N–H and O–H groups in total. The van der Waals surface area contributed by atoms with E-state index in [4.69, 9.17) is 15.3 Å². The number of rotatable bonds is 4. The minimum absolute atomic E-state index is 0.0921. The fraction of sp³-hybridized carbons (Fsp3) is 0.500. The van der Waals surface area contributed by atoms with Crippen molar-refractivity contribution >= 4 is 5.97 Å². The van der Waals surface area contributed by atoms with Gasteiger partial charge in [0.2, 0.25) is 5.76 Å². The number of hydrogen-bond acceptors (Lipinski definition) is 4. The summed E-state index contributed by atoms with van der Waals surface area (Å²) in [6, 6.07) is 0. The summed E-state index contributed by atoms with van der Waals surface area (Å²) in [7, 11) is 0. The van der Waals surface area contributed by atoms with Gasteiger partial charge in [0, 0.05) is 13.0 Å². The second-order valence-electron chi connectivity index (χ2n) is 2.64. The zero-order valence-electron chi connectivity index (χ0n) is 7.41. The molecular formula is C8H12N2O3. The average molecular weight is 184 g/mol. The van der Waals surface area contributed by atoms with Gasteiger partial charge in [-0.15, -0.1) is 0 Å². The molecule has 0 amide bonds. The van der Waals surface area contributed by atoms with Crippen LogP contribution in [0.15, 0.2) is 4.42 Å². The molecule has 5 nitrogen and oxygen atoms in total. The van der Waals surface area contributed by atoms with E-state index in [0.29, 0.717) is 18.0 Å². The Morgan fingerprint density at radius 2 is 2.38 bits per heavy atom. The number of nitrogens with two attached hydrogens (primary N) is 1. The summed E-state index contributed by atoms with van der Waals surface area (Å²) in [6.45, 7) is 2.06. The molecule has 1 rings (SSSR count). The summed E-state index contributed by atoms with van der Waals surface area (Å²) < 4.78 is 5.02. The Balaban J connectivity index is 2.97. The maximum Gasteiger partial charge on any atom is 0.373 e. The Morgan fingerprint density at radius 3 is 2.77 bits per heavy atom. The number of aromatic carboxylic acids is 1. The quantitative estimate of drug-likeness (QED) is 0.721. The van der Waals surface area contributed by atoms with E-state index in [9.17, 15) is 4.79 Å². The molecule has 1 aromatic heterocycles. The molecule has 0 aliphatic rings. The van der Waals surface area contributed by atoms with Gasteiger partial charge in [-0.25, -0.2) is 9.78 Å². The van der Waals surface area contributed by atoms with E-state index < -0.39 is 5.97 Å². The van der Waals surface area contributed by atoms with Gasteiger partial charge >= 0.3 is 5.97 Å². The first kappa shape index (κ1) is 9.73. The van der Waals surface area contributed by atoms with Crippen molar-refractivity contribution in [1.29, 1.82) is 0 Å². The predicted octanol–water partition coefficient (Wildman–Crippen LogP) is 0.784. The minimum Gasteiger partial charge on any atom is -0.475 e. The van der Waals surface area contributed by atoms with Crippen molar-refractivity contribution in [2.45, 2.75) is 26.3 Å². The molecule has 0 bridgehead atoms. The van der Waals surface area contributed by atoms with E-state index in [1.807, 2.05) is 6.92 Å². The first-order chi connectivity index (χ1) is 6.19. The van der Waals surface area contributed by atoms with E-state index in [1.165, 1.54) is 0 Å². The lowest BCUT2D eigenvalue weighted by atomic mass is 10.3. The molecule has 0 saturated carbocycles. The highest BCUT2D eigenvalue weighted by molar-refractivity contribution is 5.85. The van der Waals surface area contributed by atoms with Crippen LogP contribution in [0.5, 0.6) is 0 Å². The van der Waals surface area contributed by atoms with Crippen LogP contribution >= 0.6 is 0 Å². The lowest BCUT2D eigenvalue weighted by Crippen LogP contribution is -2.04. The molecule has 0 aromatic carbocycles. The highest BCUT2D eigenvalue weighted by Gasteiger charge is 2.17. The summed E-state index contributed by atoms with van der Waals surface area (Å²) in [5, 5.41) is 8.69. The third kappa shape index (κ3) is 2.06. The van der Waals surface area contributed by atoms with Crippen molar-refractivity contribution < 1.29 is 14.3 Å². The maximum absolute atomic E-state index is 10.6. The lowest BCUT2D eigenvalue weighted by molar-refractivity contribution is 0.0658. The molecule has 0 atom stereocenters. The molecule has 1 heterocycles. The number of aromatic nitrogens is 1. The molecule has 72 valence electrons. The molecule has 0 radical (unpaired) electrons. The van der Waals surface area contributed by atoms with Crippen molar-refractivity contribution in [1.82, 2.24) is 4.98 Å². The number of aryl methyl sites for hydroxylation is 1. The molecular weight excluding hydrogens is 172 g/mol. The first-order valence-corrected chi connectivity index (χ1v) is 4.11. The van der Waals surface area contributed by atoms with Gasteiger partial charge in [-0.3, -0.25) is 0 Å². The number of nitrogens with zero attached hydrogens (tertiary/aromatic N) is 1. The second kappa shape index (κ2) is 4.04. The van der Waals surface area contributed by atoms with Crippen LogP contribution < -0.4 is 5.73 Å². The monoisotopic (exact) mass is 184 g/mol. The Kier molecular flexibility index (Phi) is 3.02. The van der Waals surface area contributed by atoms with Crippen LogP contribution in [0.25, 0.3) is 0 Å². The number of carboxylic acids is 1. The summed E-state index contributed by atoms with van der Waals surface area (Å²) >= 11 is 0. The molecule has 1 aromatic rings. The van der Waals surface area contributed by atoms with E-state index >= 15 is 0 Å². The van der Waals surface area contributed by atoms with E-state index in [-0.39, 0.29) is 12.3 Å². The van der Waals surface area contributed by atoms with Gasteiger partial charge in [-0.2, -0.15) is 0 Å². The molecule has 0 aliphatic heterocycles. The van der Waals surface area contributed by atoms with Crippen LogP contribution in [-0.4, -0.2) is 16.1 Å². The fourth-order valence-corrected chi connectivity index (χ4v) is 1.03. The Hall–Kier alpha value is -1.36. The largest absolute Gasteiger partial charge is 0.475 e. The van der Waals surface area contributed by atoms with Gasteiger partial charge in [0.25, 0.3) is 0 Å². The molecule has 0 fully saturated rings. The summed E-state index contributed by atoms with van der Waals surface area (Å²) in [4.78, 5) is 14.6. The number of carboxylic acid groups (broad SMARTS) is 1. The highest BCUT2D eigenvalue weighted by atomic mass is 16.4. The topological polar surface area (TPSA) is 89.3 Å². The van der Waals surface area contributed by atoms with Crippen LogP contribution in [0.4, 0.5) is 0 Å². The van der Waals surface area contributed by atoms with Gasteiger partial charge in [0.15, 0.2) is 5.89 Å². The lowest BCUT2D eigenvalue weighted by Gasteiger charge is -1.88. The summed E-state index contributed by atoms with van der Waals surface area (Å²) in [5.74, 6) is -0.804. The Morgan fingerprint density at radius 1 is 1.69 bits per heavy atom. The first-order valence-electron chi connectivity index (χ1n) is 4.11. The smallest absolute Gasteiger partial charge is 0.373 e. The number of oxazole rings is 1.